The summed E-state index contributed by atoms with van der Waals surface area (Å²) in [6.07, 6.45) is 0. The molecule has 1 aliphatic rings. The predicted octanol–water partition coefficient (Wildman–Crippen LogP) is 0.646. The minimum Gasteiger partial charge on any atom is -0.304 e. The average Bonchev–Trinajstić information content (AvgIpc) is 2.31. The van der Waals surface area contributed by atoms with Crippen molar-refractivity contribution in [1.82, 2.24) is 10.2 Å². The van der Waals surface area contributed by atoms with Gasteiger partial charge in [-0.15, -0.1) is 0 Å². The van der Waals surface area contributed by atoms with Gasteiger partial charge in [-0.05, 0) is 13.8 Å². The molecule has 0 bridgehead atoms. The Morgan fingerprint density at radius 3 is 2.38 bits per heavy atom. The fourth-order valence-corrected chi connectivity index (χ4v) is 1.65. The highest BCUT2D eigenvalue weighted by Crippen LogP contribution is 2.09. The van der Waals surface area contributed by atoms with Gasteiger partial charge >= 0.3 is 0 Å². The molecule has 0 aromatic rings. The summed E-state index contributed by atoms with van der Waals surface area (Å²) in [7, 11) is 0. The molecule has 0 saturated carbocycles. The van der Waals surface area contributed by atoms with Crippen LogP contribution >= 0.6 is 0 Å². The second-order valence-electron chi connectivity index (χ2n) is 4.36. The topological polar surface area (TPSA) is 32.3 Å². The van der Waals surface area contributed by atoms with E-state index in [1.165, 1.54) is 0 Å². The number of likely N-dealkylation sites (tertiary alicyclic amines) is 1. The summed E-state index contributed by atoms with van der Waals surface area (Å²) in [4.78, 5) is 13.7. The fourth-order valence-electron chi connectivity index (χ4n) is 1.65. The fraction of sp³-hybridized carbons (Fsp3) is 0.900. The van der Waals surface area contributed by atoms with Gasteiger partial charge in [-0.2, -0.15) is 0 Å². The van der Waals surface area contributed by atoms with Crippen molar-refractivity contribution in [3.8, 4) is 0 Å². The van der Waals surface area contributed by atoms with E-state index in [-0.39, 0.29) is 6.04 Å². The normalized spacial score (nSPS) is 25.1. The minimum atomic E-state index is 0.0578. The summed E-state index contributed by atoms with van der Waals surface area (Å²) in [5.74, 6) is 0.336. The van der Waals surface area contributed by atoms with Crippen LogP contribution in [0.5, 0.6) is 0 Å². The lowest BCUT2D eigenvalue weighted by molar-refractivity contribution is -0.118. The van der Waals surface area contributed by atoms with E-state index >= 15 is 0 Å². The molecule has 1 N–H and O–H groups in total. The predicted molar refractivity (Wildman–Crippen MR) is 53.8 cm³/mol. The molecule has 1 heterocycles. The maximum Gasteiger partial charge on any atom is 0.164 e. The summed E-state index contributed by atoms with van der Waals surface area (Å²) < 4.78 is 0. The van der Waals surface area contributed by atoms with Crippen molar-refractivity contribution in [3.63, 3.8) is 0 Å². The molecule has 0 aliphatic carbocycles. The molecule has 1 saturated heterocycles. The van der Waals surface area contributed by atoms with Crippen LogP contribution in [-0.4, -0.2) is 41.9 Å². The van der Waals surface area contributed by atoms with E-state index in [4.69, 9.17) is 0 Å². The van der Waals surface area contributed by atoms with Gasteiger partial charge in [0.15, 0.2) is 5.78 Å². The van der Waals surface area contributed by atoms with Gasteiger partial charge in [0.2, 0.25) is 0 Å². The van der Waals surface area contributed by atoms with Crippen molar-refractivity contribution >= 4 is 5.78 Å². The molecule has 1 aliphatic heterocycles. The average molecular weight is 184 g/mol. The Labute approximate surface area is 80.5 Å². The van der Waals surface area contributed by atoms with Crippen LogP contribution in [0.15, 0.2) is 0 Å². The zero-order valence-electron chi connectivity index (χ0n) is 9.00. The molecule has 3 heteroatoms. The first-order chi connectivity index (χ1) is 6.00. The van der Waals surface area contributed by atoms with Gasteiger partial charge in [-0.3, -0.25) is 9.69 Å². The molecule has 0 unspecified atom stereocenters. The first kappa shape index (κ1) is 10.7. The Hall–Kier alpha value is -0.410. The number of hydrogen-bond acceptors (Lipinski definition) is 3. The molecule has 1 atom stereocenters. The van der Waals surface area contributed by atoms with Crippen molar-refractivity contribution in [2.75, 3.05) is 13.1 Å². The Morgan fingerprint density at radius 1 is 1.38 bits per heavy atom. The lowest BCUT2D eigenvalue weighted by atomic mass is 10.2. The van der Waals surface area contributed by atoms with E-state index in [0.717, 1.165) is 6.54 Å². The number of nitrogens with one attached hydrogen (secondary N) is 1. The molecule has 1 rings (SSSR count). The highest BCUT2D eigenvalue weighted by atomic mass is 16.1. The van der Waals surface area contributed by atoms with Crippen LogP contribution in [0.2, 0.25) is 0 Å². The molecule has 0 aromatic heterocycles. The second-order valence-corrected chi connectivity index (χ2v) is 4.36. The highest BCUT2D eigenvalue weighted by Gasteiger charge is 2.31. The first-order valence-electron chi connectivity index (χ1n) is 5.03. The summed E-state index contributed by atoms with van der Waals surface area (Å²) in [6.45, 7) is 9.89. The Balaban J connectivity index is 2.47. The van der Waals surface area contributed by atoms with Crippen molar-refractivity contribution < 1.29 is 4.79 Å². The number of rotatable bonds is 3. The van der Waals surface area contributed by atoms with Gasteiger partial charge in [0.25, 0.3) is 0 Å². The van der Waals surface area contributed by atoms with Gasteiger partial charge < -0.3 is 5.32 Å². The van der Waals surface area contributed by atoms with Crippen molar-refractivity contribution in [3.05, 3.63) is 0 Å². The van der Waals surface area contributed by atoms with Crippen molar-refractivity contribution in [1.29, 1.82) is 0 Å². The van der Waals surface area contributed by atoms with E-state index in [2.05, 4.69) is 37.9 Å². The van der Waals surface area contributed by atoms with Gasteiger partial charge in [-0.1, -0.05) is 13.8 Å². The molecule has 0 radical (unpaired) electrons. The number of carbonyl (C=O) groups is 1. The second kappa shape index (κ2) is 4.20. The van der Waals surface area contributed by atoms with Crippen molar-refractivity contribution in [2.45, 2.75) is 45.8 Å². The molecular formula is C10H20N2O. The lowest BCUT2D eigenvalue weighted by Gasteiger charge is -2.20. The molecule has 0 spiro atoms. The van der Waals surface area contributed by atoms with E-state index in [1.54, 1.807) is 0 Å². The van der Waals surface area contributed by atoms with Gasteiger partial charge in [0.05, 0.1) is 12.6 Å². The van der Waals surface area contributed by atoms with Crippen LogP contribution in [-0.2, 0) is 4.79 Å². The maximum absolute atomic E-state index is 11.5. The standard InChI is InChI=1S/C10H20N2O/c1-7(2)11-9-5-12(8(3)4)6-10(9)13/h7-9,11H,5-6H2,1-4H3/t9-/m0/s1. The SMILES string of the molecule is CC(C)N[C@H]1CN(C(C)C)CC1=O. The third-order valence-electron chi connectivity index (χ3n) is 2.43. The van der Waals surface area contributed by atoms with Crippen LogP contribution < -0.4 is 5.32 Å². The van der Waals surface area contributed by atoms with Gasteiger partial charge in [0, 0.05) is 18.6 Å². The number of Topliss-reactive ketones (excluding diaryl/α,β-unsaturated/α-hetero) is 1. The van der Waals surface area contributed by atoms with Crippen LogP contribution in [0.1, 0.15) is 27.7 Å². The minimum absolute atomic E-state index is 0.0578. The number of ketones is 1. The maximum atomic E-state index is 11.5. The molecule has 3 nitrogen and oxygen atoms in total. The molecule has 0 aromatic carbocycles. The monoisotopic (exact) mass is 184 g/mol. The Bertz CT molecular complexity index is 189. The molecule has 13 heavy (non-hydrogen) atoms. The third kappa shape index (κ3) is 2.78. The Morgan fingerprint density at radius 2 is 2.00 bits per heavy atom. The van der Waals surface area contributed by atoms with Gasteiger partial charge in [-0.25, -0.2) is 0 Å². The van der Waals surface area contributed by atoms with E-state index in [1.807, 2.05) is 0 Å². The van der Waals surface area contributed by atoms with E-state index in [0.29, 0.717) is 24.4 Å². The number of nitrogens with zero attached hydrogens (tertiary/aromatic N) is 1. The number of hydrogen-bond donors (Lipinski definition) is 1. The van der Waals surface area contributed by atoms with Crippen molar-refractivity contribution in [2.24, 2.45) is 0 Å². The largest absolute Gasteiger partial charge is 0.304 e. The molecule has 1 fully saturated rings. The first-order valence-corrected chi connectivity index (χ1v) is 5.03. The molecule has 0 amide bonds. The summed E-state index contributed by atoms with van der Waals surface area (Å²) in [5.41, 5.74) is 0. The molecule has 76 valence electrons. The summed E-state index contributed by atoms with van der Waals surface area (Å²) in [5, 5.41) is 3.29. The quantitative estimate of drug-likeness (QED) is 0.699. The Kier molecular flexibility index (Phi) is 3.45. The van der Waals surface area contributed by atoms with E-state index in [9.17, 15) is 4.79 Å². The smallest absolute Gasteiger partial charge is 0.164 e. The van der Waals surface area contributed by atoms with Gasteiger partial charge in [0.1, 0.15) is 0 Å². The zero-order chi connectivity index (χ0) is 10.0. The van der Waals surface area contributed by atoms with Crippen LogP contribution in [0.3, 0.4) is 0 Å². The van der Waals surface area contributed by atoms with Crippen LogP contribution in [0.4, 0.5) is 0 Å². The zero-order valence-corrected chi connectivity index (χ0v) is 9.00. The summed E-state index contributed by atoms with van der Waals surface area (Å²) >= 11 is 0. The molecular weight excluding hydrogens is 164 g/mol. The lowest BCUT2D eigenvalue weighted by Crippen LogP contribution is -2.41. The van der Waals surface area contributed by atoms with E-state index < -0.39 is 0 Å². The third-order valence-corrected chi connectivity index (χ3v) is 2.43. The van der Waals surface area contributed by atoms with Crippen LogP contribution in [0, 0.1) is 0 Å². The highest BCUT2D eigenvalue weighted by molar-refractivity contribution is 5.88. The van der Waals surface area contributed by atoms with Crippen LogP contribution in [0.25, 0.3) is 0 Å². The number of carbonyl (C=O) groups excluding carboxylic acids is 1. The summed E-state index contributed by atoms with van der Waals surface area (Å²) in [6, 6.07) is 0.923.